The van der Waals surface area contributed by atoms with Gasteiger partial charge < -0.3 is 30.3 Å². The Balaban J connectivity index is 2.36. The monoisotopic (exact) mass is 320 g/mol. The van der Waals surface area contributed by atoms with Crippen molar-refractivity contribution in [2.45, 2.75) is 88.5 Å². The maximum absolute atomic E-state index is 11.7. The molecule has 0 saturated heterocycles. The van der Waals surface area contributed by atoms with Crippen molar-refractivity contribution >= 4 is 5.97 Å². The van der Waals surface area contributed by atoms with Crippen LogP contribution in [0.2, 0.25) is 0 Å². The number of ether oxygens (including phenoxy) is 1. The van der Waals surface area contributed by atoms with Crippen LogP contribution in [-0.2, 0) is 9.53 Å². The Hall–Kier alpha value is -0.730. The summed E-state index contributed by atoms with van der Waals surface area (Å²) in [6.45, 7) is 2.12. The third-order valence-corrected chi connectivity index (χ3v) is 4.07. The van der Waals surface area contributed by atoms with E-state index in [9.17, 15) is 30.3 Å². The first-order valence-electron chi connectivity index (χ1n) is 8.00. The standard InChI is InChI=1S/C15H28O7/c1-2-3-4-5-6-7-8-9(16)22-15-13(20)11(18)10(17)12(19)14(15)21/h10-15,17-21H,2-8H2,1H3/t10?,11-,12+,13-,14-,15?/m1/s1. The molecule has 0 radical (unpaired) electrons. The van der Waals surface area contributed by atoms with Crippen LogP contribution in [0.4, 0.5) is 0 Å². The Kier molecular flexibility index (Phi) is 8.27. The minimum absolute atomic E-state index is 0.150. The highest BCUT2D eigenvalue weighted by Crippen LogP contribution is 2.24. The van der Waals surface area contributed by atoms with Gasteiger partial charge in [0.25, 0.3) is 0 Å². The van der Waals surface area contributed by atoms with Crippen molar-refractivity contribution in [2.75, 3.05) is 0 Å². The summed E-state index contributed by atoms with van der Waals surface area (Å²) >= 11 is 0. The molecule has 1 aliphatic carbocycles. The van der Waals surface area contributed by atoms with E-state index in [1.807, 2.05) is 0 Å². The second kappa shape index (κ2) is 9.42. The zero-order valence-electron chi connectivity index (χ0n) is 13.0. The van der Waals surface area contributed by atoms with Gasteiger partial charge in [-0.2, -0.15) is 0 Å². The largest absolute Gasteiger partial charge is 0.457 e. The summed E-state index contributed by atoms with van der Waals surface area (Å²) in [6.07, 6.45) is -3.57. The fraction of sp³-hybridized carbons (Fsp3) is 0.933. The fourth-order valence-electron chi connectivity index (χ4n) is 2.60. The third-order valence-electron chi connectivity index (χ3n) is 4.07. The molecule has 0 amide bonds. The maximum Gasteiger partial charge on any atom is 0.306 e. The number of aliphatic hydroxyl groups is 5. The number of carbonyl (C=O) groups is 1. The quantitative estimate of drug-likeness (QED) is 0.300. The molecule has 1 aliphatic rings. The molecule has 1 rings (SSSR count). The molecule has 0 aromatic heterocycles. The lowest BCUT2D eigenvalue weighted by Gasteiger charge is -2.41. The molecule has 6 atom stereocenters. The number of hydrogen-bond donors (Lipinski definition) is 5. The first-order chi connectivity index (χ1) is 10.4. The molecular formula is C15H28O7. The van der Waals surface area contributed by atoms with Gasteiger partial charge in [0.2, 0.25) is 0 Å². The zero-order chi connectivity index (χ0) is 16.7. The lowest BCUT2D eigenvalue weighted by atomic mass is 9.85. The predicted molar refractivity (Wildman–Crippen MR) is 77.9 cm³/mol. The van der Waals surface area contributed by atoms with E-state index in [1.165, 1.54) is 6.42 Å². The van der Waals surface area contributed by atoms with Crippen LogP contribution >= 0.6 is 0 Å². The lowest BCUT2D eigenvalue weighted by molar-refractivity contribution is -0.233. The van der Waals surface area contributed by atoms with Gasteiger partial charge in [0.05, 0.1) is 0 Å². The lowest BCUT2D eigenvalue weighted by Crippen LogP contribution is -2.64. The molecule has 0 heterocycles. The van der Waals surface area contributed by atoms with Crippen molar-refractivity contribution in [3.8, 4) is 0 Å². The molecule has 0 aromatic carbocycles. The summed E-state index contributed by atoms with van der Waals surface area (Å²) in [6, 6.07) is 0. The van der Waals surface area contributed by atoms with Gasteiger partial charge in [-0.05, 0) is 6.42 Å². The number of carbonyl (C=O) groups excluding carboxylic acids is 1. The van der Waals surface area contributed by atoms with Crippen molar-refractivity contribution < 1.29 is 35.1 Å². The van der Waals surface area contributed by atoms with Gasteiger partial charge in [0, 0.05) is 6.42 Å². The Bertz CT molecular complexity index is 320. The molecule has 0 bridgehead atoms. The normalized spacial score (nSPS) is 35.4. The van der Waals surface area contributed by atoms with E-state index >= 15 is 0 Å². The highest BCUT2D eigenvalue weighted by molar-refractivity contribution is 5.69. The second-order valence-electron chi connectivity index (χ2n) is 5.93. The van der Waals surface area contributed by atoms with E-state index in [2.05, 4.69) is 6.92 Å². The predicted octanol–water partition coefficient (Wildman–Crippen LogP) is -0.533. The van der Waals surface area contributed by atoms with Gasteiger partial charge in [-0.3, -0.25) is 4.79 Å². The Morgan fingerprint density at radius 2 is 1.23 bits per heavy atom. The Morgan fingerprint density at radius 3 is 1.77 bits per heavy atom. The van der Waals surface area contributed by atoms with Crippen LogP contribution in [0.5, 0.6) is 0 Å². The summed E-state index contributed by atoms with van der Waals surface area (Å²) < 4.78 is 4.96. The fourth-order valence-corrected chi connectivity index (χ4v) is 2.60. The van der Waals surface area contributed by atoms with E-state index in [-0.39, 0.29) is 6.42 Å². The first kappa shape index (κ1) is 19.3. The highest BCUT2D eigenvalue weighted by Gasteiger charge is 2.50. The van der Waals surface area contributed by atoms with Crippen LogP contribution in [0.3, 0.4) is 0 Å². The van der Waals surface area contributed by atoms with Gasteiger partial charge >= 0.3 is 5.97 Å². The summed E-state index contributed by atoms with van der Waals surface area (Å²) in [4.78, 5) is 11.7. The average Bonchev–Trinajstić information content (AvgIpc) is 2.51. The molecule has 130 valence electrons. The smallest absolute Gasteiger partial charge is 0.306 e. The second-order valence-corrected chi connectivity index (χ2v) is 5.93. The number of rotatable bonds is 8. The molecule has 2 unspecified atom stereocenters. The van der Waals surface area contributed by atoms with Crippen LogP contribution in [0.15, 0.2) is 0 Å². The average molecular weight is 320 g/mol. The van der Waals surface area contributed by atoms with E-state index in [0.717, 1.165) is 25.7 Å². The molecule has 7 heteroatoms. The molecule has 0 aromatic rings. The molecule has 7 nitrogen and oxygen atoms in total. The van der Waals surface area contributed by atoms with Gasteiger partial charge in [0.15, 0.2) is 6.10 Å². The number of aliphatic hydroxyl groups excluding tert-OH is 5. The highest BCUT2D eigenvalue weighted by atomic mass is 16.6. The van der Waals surface area contributed by atoms with Crippen molar-refractivity contribution in [2.24, 2.45) is 0 Å². The summed E-state index contributed by atoms with van der Waals surface area (Å²) in [5.74, 6) is -0.602. The van der Waals surface area contributed by atoms with Crippen molar-refractivity contribution in [3.63, 3.8) is 0 Å². The number of hydrogen-bond acceptors (Lipinski definition) is 7. The van der Waals surface area contributed by atoms with Crippen LogP contribution in [0.1, 0.15) is 51.9 Å². The number of unbranched alkanes of at least 4 members (excludes halogenated alkanes) is 5. The number of esters is 1. The van der Waals surface area contributed by atoms with Gasteiger partial charge in [0.1, 0.15) is 30.5 Å². The van der Waals surface area contributed by atoms with Crippen LogP contribution < -0.4 is 0 Å². The molecule has 1 saturated carbocycles. The van der Waals surface area contributed by atoms with E-state index < -0.39 is 42.6 Å². The molecule has 22 heavy (non-hydrogen) atoms. The summed E-state index contributed by atoms with van der Waals surface area (Å²) in [7, 11) is 0. The Labute approximate surface area is 130 Å². The van der Waals surface area contributed by atoms with E-state index in [0.29, 0.717) is 6.42 Å². The minimum atomic E-state index is -1.68. The van der Waals surface area contributed by atoms with Crippen LogP contribution in [0, 0.1) is 0 Å². The Morgan fingerprint density at radius 1 is 0.773 bits per heavy atom. The van der Waals surface area contributed by atoms with Gasteiger partial charge in [-0.15, -0.1) is 0 Å². The summed E-state index contributed by atoms with van der Waals surface area (Å²) in [5.41, 5.74) is 0. The van der Waals surface area contributed by atoms with E-state index in [4.69, 9.17) is 4.74 Å². The first-order valence-corrected chi connectivity index (χ1v) is 8.00. The molecule has 1 fully saturated rings. The third kappa shape index (κ3) is 5.17. The molecule has 5 N–H and O–H groups in total. The zero-order valence-corrected chi connectivity index (χ0v) is 13.0. The van der Waals surface area contributed by atoms with Crippen LogP contribution in [-0.4, -0.2) is 68.1 Å². The minimum Gasteiger partial charge on any atom is -0.457 e. The van der Waals surface area contributed by atoms with Crippen molar-refractivity contribution in [3.05, 3.63) is 0 Å². The van der Waals surface area contributed by atoms with Gasteiger partial charge in [-0.25, -0.2) is 0 Å². The van der Waals surface area contributed by atoms with Crippen molar-refractivity contribution in [1.29, 1.82) is 0 Å². The van der Waals surface area contributed by atoms with Crippen LogP contribution in [0.25, 0.3) is 0 Å². The van der Waals surface area contributed by atoms with Crippen molar-refractivity contribution in [1.82, 2.24) is 0 Å². The van der Waals surface area contributed by atoms with E-state index in [1.54, 1.807) is 0 Å². The maximum atomic E-state index is 11.7. The molecular weight excluding hydrogens is 292 g/mol. The molecule has 0 spiro atoms. The molecule has 0 aliphatic heterocycles. The SMILES string of the molecule is CCCCCCCCC(=O)OC1[C@H](O)[C@H](O)C(O)[C@H](O)[C@H]1O. The summed E-state index contributed by atoms with van der Waals surface area (Å²) in [5, 5.41) is 48.0. The van der Waals surface area contributed by atoms with Gasteiger partial charge in [-0.1, -0.05) is 39.0 Å². The topological polar surface area (TPSA) is 127 Å².